The number of nitriles is 2. The Morgan fingerprint density at radius 3 is 2.41 bits per heavy atom. The minimum Gasteiger partial charge on any atom is -0.392 e. The first-order valence-electron chi connectivity index (χ1n) is 8.34. The third-order valence-corrected chi connectivity index (χ3v) is 4.91. The van der Waals surface area contributed by atoms with Crippen LogP contribution in [0.5, 0.6) is 0 Å². The van der Waals surface area contributed by atoms with E-state index in [1.807, 2.05) is 30.5 Å². The first-order valence-corrected chi connectivity index (χ1v) is 8.72. The number of aliphatic hydroxyl groups is 1. The number of aliphatic hydroxyl groups excluding tert-OH is 1. The van der Waals surface area contributed by atoms with Crippen molar-refractivity contribution in [3.8, 4) is 23.3 Å². The second-order valence-corrected chi connectivity index (χ2v) is 6.66. The van der Waals surface area contributed by atoms with Crippen LogP contribution in [0.25, 0.3) is 11.1 Å². The van der Waals surface area contributed by atoms with Crippen LogP contribution in [0.1, 0.15) is 33.8 Å². The minimum absolute atomic E-state index is 0.157. The fourth-order valence-corrected chi connectivity index (χ4v) is 3.44. The molecule has 1 aromatic carbocycles. The summed E-state index contributed by atoms with van der Waals surface area (Å²) in [6.07, 6.45) is 1.55. The van der Waals surface area contributed by atoms with Gasteiger partial charge in [-0.25, -0.2) is 0 Å². The van der Waals surface area contributed by atoms with Gasteiger partial charge >= 0.3 is 0 Å². The molecule has 0 fully saturated rings. The molecule has 0 spiro atoms. The first kappa shape index (κ1) is 18.7. The van der Waals surface area contributed by atoms with E-state index < -0.39 is 0 Å². The third-order valence-electron chi connectivity index (χ3n) is 4.70. The third kappa shape index (κ3) is 3.44. The van der Waals surface area contributed by atoms with E-state index in [1.165, 1.54) is 0 Å². The van der Waals surface area contributed by atoms with Crippen molar-refractivity contribution in [3.63, 3.8) is 0 Å². The van der Waals surface area contributed by atoms with Crippen LogP contribution < -0.4 is 0 Å². The van der Waals surface area contributed by atoms with Crippen LogP contribution in [0, 0.1) is 36.5 Å². The molecule has 0 aliphatic heterocycles. The molecular formula is C21H17ClN4O. The van der Waals surface area contributed by atoms with Crippen LogP contribution in [0.15, 0.2) is 36.5 Å². The number of pyridine rings is 1. The average molecular weight is 377 g/mol. The van der Waals surface area contributed by atoms with E-state index >= 15 is 0 Å². The topological polar surface area (TPSA) is 85.6 Å². The van der Waals surface area contributed by atoms with Crippen molar-refractivity contribution in [1.82, 2.24) is 9.55 Å². The number of rotatable bonds is 4. The lowest BCUT2D eigenvalue weighted by Gasteiger charge is -2.12. The van der Waals surface area contributed by atoms with Crippen LogP contribution in [0.4, 0.5) is 0 Å². The molecule has 0 saturated carbocycles. The molecular weight excluding hydrogens is 360 g/mol. The predicted octanol–water partition coefficient (Wildman–Crippen LogP) is 4.10. The summed E-state index contributed by atoms with van der Waals surface area (Å²) in [6, 6.07) is 13.3. The van der Waals surface area contributed by atoms with Crippen LogP contribution in [-0.4, -0.2) is 14.7 Å². The van der Waals surface area contributed by atoms with Gasteiger partial charge in [0.25, 0.3) is 0 Å². The Labute approximate surface area is 162 Å². The largest absolute Gasteiger partial charge is 0.392 e. The molecule has 0 amide bonds. The van der Waals surface area contributed by atoms with Gasteiger partial charge in [-0.05, 0) is 37.6 Å². The SMILES string of the molecule is Cc1c(C#N)c(-c2ccc(C#N)cc2)c(C)n1Cc1ncc(Cl)cc1CO. The van der Waals surface area contributed by atoms with E-state index in [1.54, 1.807) is 24.4 Å². The van der Waals surface area contributed by atoms with Gasteiger partial charge in [-0.2, -0.15) is 10.5 Å². The molecule has 0 atom stereocenters. The second kappa shape index (κ2) is 7.63. The van der Waals surface area contributed by atoms with Gasteiger partial charge in [-0.1, -0.05) is 23.7 Å². The summed E-state index contributed by atoms with van der Waals surface area (Å²) in [5.41, 5.74) is 6.02. The molecule has 0 saturated heterocycles. The molecule has 6 heteroatoms. The molecule has 0 aliphatic carbocycles. The van der Waals surface area contributed by atoms with Crippen LogP contribution in [0.3, 0.4) is 0 Å². The van der Waals surface area contributed by atoms with E-state index in [4.69, 9.17) is 16.9 Å². The van der Waals surface area contributed by atoms with Crippen LogP contribution in [-0.2, 0) is 13.2 Å². The quantitative estimate of drug-likeness (QED) is 0.742. The smallest absolute Gasteiger partial charge is 0.102 e. The summed E-state index contributed by atoms with van der Waals surface area (Å²) < 4.78 is 2.02. The molecule has 0 unspecified atom stereocenters. The van der Waals surface area contributed by atoms with Gasteiger partial charge < -0.3 is 9.67 Å². The Hall–Kier alpha value is -3.12. The first-order chi connectivity index (χ1) is 13.0. The molecule has 27 heavy (non-hydrogen) atoms. The molecule has 0 aliphatic rings. The van der Waals surface area contributed by atoms with Crippen LogP contribution in [0.2, 0.25) is 5.02 Å². The van der Waals surface area contributed by atoms with Crippen molar-refractivity contribution in [3.05, 3.63) is 75.3 Å². The Bertz CT molecular complexity index is 1090. The van der Waals surface area contributed by atoms with Gasteiger partial charge in [0, 0.05) is 28.7 Å². The van der Waals surface area contributed by atoms with Crippen molar-refractivity contribution < 1.29 is 5.11 Å². The maximum absolute atomic E-state index is 9.71. The molecule has 5 nitrogen and oxygen atoms in total. The zero-order valence-electron chi connectivity index (χ0n) is 15.0. The predicted molar refractivity (Wildman–Crippen MR) is 103 cm³/mol. The number of hydrogen-bond donors (Lipinski definition) is 1. The second-order valence-electron chi connectivity index (χ2n) is 6.23. The Kier molecular flexibility index (Phi) is 5.28. The maximum atomic E-state index is 9.71. The van der Waals surface area contributed by atoms with Crippen molar-refractivity contribution in [1.29, 1.82) is 10.5 Å². The molecule has 0 radical (unpaired) electrons. The van der Waals surface area contributed by atoms with E-state index in [2.05, 4.69) is 17.1 Å². The number of hydrogen-bond acceptors (Lipinski definition) is 4. The highest BCUT2D eigenvalue weighted by Crippen LogP contribution is 2.32. The highest BCUT2D eigenvalue weighted by atomic mass is 35.5. The Balaban J connectivity index is 2.12. The monoisotopic (exact) mass is 376 g/mol. The lowest BCUT2D eigenvalue weighted by molar-refractivity contribution is 0.279. The molecule has 3 rings (SSSR count). The molecule has 0 bridgehead atoms. The highest BCUT2D eigenvalue weighted by molar-refractivity contribution is 6.30. The molecule has 3 aromatic rings. The number of benzene rings is 1. The summed E-state index contributed by atoms with van der Waals surface area (Å²) >= 11 is 5.97. The normalized spacial score (nSPS) is 10.4. The zero-order valence-corrected chi connectivity index (χ0v) is 15.7. The maximum Gasteiger partial charge on any atom is 0.102 e. The van der Waals surface area contributed by atoms with E-state index in [-0.39, 0.29) is 6.61 Å². The van der Waals surface area contributed by atoms with Gasteiger partial charge in [0.15, 0.2) is 0 Å². The van der Waals surface area contributed by atoms with Crippen molar-refractivity contribution in [2.45, 2.75) is 27.0 Å². The summed E-state index contributed by atoms with van der Waals surface area (Å²) in [6.45, 7) is 4.12. The van der Waals surface area contributed by atoms with Crippen molar-refractivity contribution >= 4 is 11.6 Å². The van der Waals surface area contributed by atoms with Gasteiger partial charge in [0.1, 0.15) is 6.07 Å². The summed E-state index contributed by atoms with van der Waals surface area (Å²) in [5, 5.41) is 28.8. The van der Waals surface area contributed by atoms with E-state index in [0.717, 1.165) is 22.5 Å². The van der Waals surface area contributed by atoms with Crippen molar-refractivity contribution in [2.75, 3.05) is 0 Å². The molecule has 1 N–H and O–H groups in total. The number of halogens is 1. The minimum atomic E-state index is -0.157. The van der Waals surface area contributed by atoms with E-state index in [9.17, 15) is 10.4 Å². The fourth-order valence-electron chi connectivity index (χ4n) is 3.26. The van der Waals surface area contributed by atoms with Gasteiger partial charge in [-0.15, -0.1) is 0 Å². The lowest BCUT2D eigenvalue weighted by atomic mass is 10.0. The van der Waals surface area contributed by atoms with Gasteiger partial charge in [-0.3, -0.25) is 4.98 Å². The highest BCUT2D eigenvalue weighted by Gasteiger charge is 2.20. The Morgan fingerprint density at radius 1 is 1.11 bits per heavy atom. The van der Waals surface area contributed by atoms with Crippen LogP contribution >= 0.6 is 11.6 Å². The fraction of sp³-hybridized carbons (Fsp3) is 0.190. The standard InChI is InChI=1S/C21H17ClN4O/c1-13-19(9-24)21(16-5-3-15(8-23)4-6-16)14(2)26(13)11-20-17(12-27)7-18(22)10-25-20/h3-7,10,27H,11-12H2,1-2H3. The molecule has 2 aromatic heterocycles. The Morgan fingerprint density at radius 2 is 1.81 bits per heavy atom. The summed E-state index contributed by atoms with van der Waals surface area (Å²) in [5.74, 6) is 0. The number of nitrogens with zero attached hydrogens (tertiary/aromatic N) is 4. The molecule has 2 heterocycles. The molecule has 134 valence electrons. The summed E-state index contributed by atoms with van der Waals surface area (Å²) in [4.78, 5) is 4.36. The van der Waals surface area contributed by atoms with Gasteiger partial charge in [0.2, 0.25) is 0 Å². The zero-order chi connectivity index (χ0) is 19.6. The number of aromatic nitrogens is 2. The average Bonchev–Trinajstić information content (AvgIpc) is 2.93. The van der Waals surface area contributed by atoms with E-state index in [0.29, 0.717) is 34.0 Å². The summed E-state index contributed by atoms with van der Waals surface area (Å²) in [7, 11) is 0. The van der Waals surface area contributed by atoms with Crippen molar-refractivity contribution in [2.24, 2.45) is 0 Å². The van der Waals surface area contributed by atoms with Gasteiger partial charge in [0.05, 0.1) is 41.1 Å². The lowest BCUT2D eigenvalue weighted by Crippen LogP contribution is -2.08.